The Labute approximate surface area is 180 Å². The molecular weight excluding hydrogens is 434 g/mol. The van der Waals surface area contributed by atoms with Crippen LogP contribution in [0.15, 0.2) is 35.3 Å². The molecule has 1 heterocycles. The van der Waals surface area contributed by atoms with Gasteiger partial charge in [-0.1, -0.05) is 22.9 Å². The van der Waals surface area contributed by atoms with E-state index in [0.717, 1.165) is 16.3 Å². The molecule has 0 radical (unpaired) electrons. The summed E-state index contributed by atoms with van der Waals surface area (Å²) >= 11 is 7.33. The van der Waals surface area contributed by atoms with Gasteiger partial charge in [-0.05, 0) is 18.2 Å². The average molecular weight is 452 g/mol. The van der Waals surface area contributed by atoms with Crippen LogP contribution in [0.2, 0.25) is 5.02 Å². The Morgan fingerprint density at radius 1 is 1.20 bits per heavy atom. The van der Waals surface area contributed by atoms with E-state index >= 15 is 0 Å². The van der Waals surface area contributed by atoms with Crippen LogP contribution in [0, 0.1) is 10.1 Å². The zero-order valence-electron chi connectivity index (χ0n) is 16.4. The first-order valence-corrected chi connectivity index (χ1v) is 9.86. The number of nitrogens with zero attached hydrogens (tertiary/aromatic N) is 3. The number of nitro benzene ring substituents is 1. The molecule has 0 aliphatic rings. The first-order valence-electron chi connectivity index (χ1n) is 8.67. The molecule has 0 fully saturated rings. The lowest BCUT2D eigenvalue weighted by molar-refractivity contribution is -0.385. The van der Waals surface area contributed by atoms with E-state index < -0.39 is 16.5 Å². The van der Waals surface area contributed by atoms with Crippen LogP contribution < -0.4 is 14.3 Å². The van der Waals surface area contributed by atoms with Crippen molar-refractivity contribution in [2.45, 2.75) is 6.54 Å². The van der Waals surface area contributed by atoms with Gasteiger partial charge in [-0.25, -0.2) is 0 Å². The maximum atomic E-state index is 12.9. The number of methoxy groups -OCH3 is 3. The smallest absolute Gasteiger partial charge is 0.286 e. The standard InChI is InChI=1S/C19H18ClN3O6S/c1-27-7-6-22-13-5-4-11(20)8-17(13)30-19(22)21-18(24)12-9-15(28-2)16(29-3)10-14(12)23(25)26/h4-5,8-10H,6-7H2,1-3H3. The minimum absolute atomic E-state index is 0.146. The monoisotopic (exact) mass is 451 g/mol. The Morgan fingerprint density at radius 2 is 1.90 bits per heavy atom. The molecule has 2 aromatic carbocycles. The van der Waals surface area contributed by atoms with Gasteiger partial charge in [0.1, 0.15) is 5.56 Å². The second kappa shape index (κ2) is 9.24. The first kappa shape index (κ1) is 21.8. The number of ether oxygens (including phenoxy) is 3. The van der Waals surface area contributed by atoms with E-state index in [4.69, 9.17) is 25.8 Å². The second-order valence-corrected chi connectivity index (χ2v) is 7.49. The van der Waals surface area contributed by atoms with Crippen LogP contribution in [0.5, 0.6) is 11.5 Å². The summed E-state index contributed by atoms with van der Waals surface area (Å²) < 4.78 is 18.1. The quantitative estimate of drug-likeness (QED) is 0.401. The van der Waals surface area contributed by atoms with Crippen LogP contribution in [-0.4, -0.2) is 43.3 Å². The molecule has 1 amide bonds. The molecule has 0 bridgehead atoms. The van der Waals surface area contributed by atoms with Crippen LogP contribution >= 0.6 is 22.9 Å². The highest BCUT2D eigenvalue weighted by molar-refractivity contribution is 7.16. The molecule has 0 saturated carbocycles. The van der Waals surface area contributed by atoms with E-state index in [9.17, 15) is 14.9 Å². The molecule has 0 aliphatic carbocycles. The normalized spacial score (nSPS) is 11.7. The molecule has 9 nitrogen and oxygen atoms in total. The third-order valence-corrected chi connectivity index (χ3v) is 5.57. The molecule has 11 heteroatoms. The van der Waals surface area contributed by atoms with Crippen LogP contribution in [0.3, 0.4) is 0 Å². The molecule has 0 spiro atoms. The maximum absolute atomic E-state index is 12.9. The number of hydrogen-bond donors (Lipinski definition) is 0. The zero-order valence-corrected chi connectivity index (χ0v) is 18.0. The summed E-state index contributed by atoms with van der Waals surface area (Å²) in [5.74, 6) is -0.434. The van der Waals surface area contributed by atoms with Gasteiger partial charge in [0.25, 0.3) is 11.6 Å². The number of nitro groups is 1. The van der Waals surface area contributed by atoms with E-state index in [-0.39, 0.29) is 17.1 Å². The number of carbonyl (C=O) groups is 1. The maximum Gasteiger partial charge on any atom is 0.286 e. The lowest BCUT2D eigenvalue weighted by Crippen LogP contribution is -2.19. The Morgan fingerprint density at radius 3 is 2.53 bits per heavy atom. The number of benzene rings is 2. The van der Waals surface area contributed by atoms with E-state index in [0.29, 0.717) is 23.0 Å². The summed E-state index contributed by atoms with van der Waals surface area (Å²) in [6, 6.07) is 7.74. The number of amides is 1. The third-order valence-electron chi connectivity index (χ3n) is 4.29. The third kappa shape index (κ3) is 4.30. The SMILES string of the molecule is COCCn1c(=NC(=O)c2cc(OC)c(OC)cc2[N+](=O)[O-])sc2cc(Cl)ccc21. The molecule has 0 saturated heterocycles. The highest BCUT2D eigenvalue weighted by Gasteiger charge is 2.24. The molecular formula is C19H18ClN3O6S. The molecule has 0 unspecified atom stereocenters. The van der Waals surface area contributed by atoms with Gasteiger partial charge in [0.2, 0.25) is 0 Å². The van der Waals surface area contributed by atoms with E-state index in [2.05, 4.69) is 4.99 Å². The molecule has 1 aromatic heterocycles. The van der Waals surface area contributed by atoms with Crippen LogP contribution in [-0.2, 0) is 11.3 Å². The van der Waals surface area contributed by atoms with Gasteiger partial charge in [0.05, 0.1) is 42.0 Å². The average Bonchev–Trinajstić information content (AvgIpc) is 3.06. The summed E-state index contributed by atoms with van der Waals surface area (Å²) in [5.41, 5.74) is 0.204. The van der Waals surface area contributed by atoms with Crippen molar-refractivity contribution in [1.82, 2.24) is 4.57 Å². The molecule has 158 valence electrons. The molecule has 0 aliphatic heterocycles. The molecule has 30 heavy (non-hydrogen) atoms. The van der Waals surface area contributed by atoms with E-state index in [1.54, 1.807) is 19.2 Å². The molecule has 0 atom stereocenters. The van der Waals surface area contributed by atoms with Crippen LogP contribution in [0.1, 0.15) is 10.4 Å². The van der Waals surface area contributed by atoms with Crippen molar-refractivity contribution in [1.29, 1.82) is 0 Å². The number of thiazole rings is 1. The predicted octanol–water partition coefficient (Wildman–Crippen LogP) is 3.67. The van der Waals surface area contributed by atoms with Gasteiger partial charge < -0.3 is 18.8 Å². The van der Waals surface area contributed by atoms with Gasteiger partial charge in [0, 0.05) is 24.7 Å². The molecule has 0 N–H and O–H groups in total. The van der Waals surface area contributed by atoms with Crippen molar-refractivity contribution in [3.8, 4) is 11.5 Å². The topological polar surface area (TPSA) is 105 Å². The van der Waals surface area contributed by atoms with Gasteiger partial charge >= 0.3 is 0 Å². The highest BCUT2D eigenvalue weighted by Crippen LogP contribution is 2.34. The Bertz CT molecular complexity index is 1190. The second-order valence-electron chi connectivity index (χ2n) is 6.04. The van der Waals surface area contributed by atoms with Crippen molar-refractivity contribution >= 4 is 44.7 Å². The minimum atomic E-state index is -0.772. The van der Waals surface area contributed by atoms with Crippen molar-refractivity contribution in [2.75, 3.05) is 27.9 Å². The first-order chi connectivity index (χ1) is 14.4. The van der Waals surface area contributed by atoms with Crippen molar-refractivity contribution < 1.29 is 23.9 Å². The summed E-state index contributed by atoms with van der Waals surface area (Å²) in [6.45, 7) is 0.838. The molecule has 3 aromatic rings. The summed E-state index contributed by atoms with van der Waals surface area (Å²) in [7, 11) is 4.30. The lowest BCUT2D eigenvalue weighted by atomic mass is 10.1. The Balaban J connectivity index is 2.19. The Hall–Kier alpha value is -2.95. The zero-order chi connectivity index (χ0) is 21.8. The summed E-state index contributed by atoms with van der Waals surface area (Å²) in [4.78, 5) is 28.3. The van der Waals surface area contributed by atoms with Crippen molar-refractivity contribution in [2.24, 2.45) is 4.99 Å². The Kier molecular flexibility index (Phi) is 6.70. The molecule has 3 rings (SSSR count). The fourth-order valence-corrected chi connectivity index (χ4v) is 4.20. The van der Waals surface area contributed by atoms with Crippen molar-refractivity contribution in [3.05, 3.63) is 55.8 Å². The van der Waals surface area contributed by atoms with E-state index in [1.165, 1.54) is 31.6 Å². The fourth-order valence-electron chi connectivity index (χ4n) is 2.87. The number of halogens is 1. The fraction of sp³-hybridized carbons (Fsp3) is 0.263. The predicted molar refractivity (Wildman–Crippen MR) is 113 cm³/mol. The van der Waals surface area contributed by atoms with Gasteiger partial charge in [0.15, 0.2) is 16.3 Å². The summed E-state index contributed by atoms with van der Waals surface area (Å²) in [5, 5.41) is 12.1. The van der Waals surface area contributed by atoms with Crippen LogP contribution in [0.25, 0.3) is 10.2 Å². The number of hydrogen-bond acceptors (Lipinski definition) is 7. The number of aromatic nitrogens is 1. The number of carbonyl (C=O) groups excluding carboxylic acids is 1. The van der Waals surface area contributed by atoms with Crippen LogP contribution in [0.4, 0.5) is 5.69 Å². The van der Waals surface area contributed by atoms with E-state index in [1.807, 2.05) is 10.6 Å². The summed E-state index contributed by atoms with van der Waals surface area (Å²) in [6.07, 6.45) is 0. The highest BCUT2D eigenvalue weighted by atomic mass is 35.5. The minimum Gasteiger partial charge on any atom is -0.493 e. The largest absolute Gasteiger partial charge is 0.493 e. The lowest BCUT2D eigenvalue weighted by Gasteiger charge is -2.09. The van der Waals surface area contributed by atoms with Gasteiger partial charge in [-0.2, -0.15) is 4.99 Å². The van der Waals surface area contributed by atoms with Gasteiger partial charge in [-0.3, -0.25) is 14.9 Å². The van der Waals surface area contributed by atoms with Gasteiger partial charge in [-0.15, -0.1) is 0 Å². The number of fused-ring (bicyclic) bond motifs is 1. The van der Waals surface area contributed by atoms with Crippen molar-refractivity contribution in [3.63, 3.8) is 0 Å². The number of rotatable bonds is 7.